The highest BCUT2D eigenvalue weighted by atomic mass is 35.5. The third-order valence-electron chi connectivity index (χ3n) is 5.36. The zero-order valence-electron chi connectivity index (χ0n) is 13.9. The summed E-state index contributed by atoms with van der Waals surface area (Å²) in [6, 6.07) is 11.9. The van der Waals surface area contributed by atoms with Gasteiger partial charge in [-0.2, -0.15) is 0 Å². The van der Waals surface area contributed by atoms with E-state index in [2.05, 4.69) is 48.7 Å². The summed E-state index contributed by atoms with van der Waals surface area (Å²) < 4.78 is 0. The van der Waals surface area contributed by atoms with Crippen molar-refractivity contribution in [2.75, 3.05) is 5.32 Å². The highest BCUT2D eigenvalue weighted by Gasteiger charge is 2.39. The summed E-state index contributed by atoms with van der Waals surface area (Å²) >= 11 is 6.39. The molecule has 0 bridgehead atoms. The summed E-state index contributed by atoms with van der Waals surface area (Å²) in [6.07, 6.45) is 6.31. The molecule has 1 aliphatic heterocycles. The van der Waals surface area contributed by atoms with Crippen molar-refractivity contribution in [2.24, 2.45) is 5.92 Å². The van der Waals surface area contributed by atoms with E-state index in [9.17, 15) is 10.1 Å². The first-order chi connectivity index (χ1) is 12.1. The summed E-state index contributed by atoms with van der Waals surface area (Å²) in [7, 11) is 0. The lowest BCUT2D eigenvalue weighted by atomic mass is 9.77. The number of nitro groups is 1. The van der Waals surface area contributed by atoms with Crippen LogP contribution in [0.15, 0.2) is 48.6 Å². The van der Waals surface area contributed by atoms with E-state index in [1.165, 1.54) is 17.2 Å². The second-order valence-electron chi connectivity index (χ2n) is 6.72. The molecule has 0 amide bonds. The average Bonchev–Trinajstić information content (AvgIpc) is 3.11. The topological polar surface area (TPSA) is 55.2 Å². The molecular formula is C20H19ClN2O2. The predicted octanol–water partition coefficient (Wildman–Crippen LogP) is 5.64. The van der Waals surface area contributed by atoms with Gasteiger partial charge in [0, 0.05) is 18.1 Å². The third-order valence-corrected chi connectivity index (χ3v) is 5.66. The molecule has 1 N–H and O–H groups in total. The Morgan fingerprint density at radius 2 is 2.04 bits per heavy atom. The first-order valence-electron chi connectivity index (χ1n) is 8.58. The molecule has 1 heterocycles. The van der Waals surface area contributed by atoms with Gasteiger partial charge >= 0.3 is 0 Å². The van der Waals surface area contributed by atoms with Gasteiger partial charge < -0.3 is 5.32 Å². The Labute approximate surface area is 151 Å². The van der Waals surface area contributed by atoms with Crippen LogP contribution in [0.2, 0.25) is 5.02 Å². The number of nitro benzene ring substituents is 1. The number of anilines is 1. The van der Waals surface area contributed by atoms with Gasteiger partial charge in [0.05, 0.1) is 21.7 Å². The number of allylic oxidation sites excluding steroid dienone is 2. The number of fused-ring (bicyclic) bond motifs is 3. The Morgan fingerprint density at radius 1 is 1.28 bits per heavy atom. The smallest absolute Gasteiger partial charge is 0.271 e. The number of halogens is 1. The zero-order valence-corrected chi connectivity index (χ0v) is 14.7. The van der Waals surface area contributed by atoms with Gasteiger partial charge in [-0.15, -0.1) is 0 Å². The predicted molar refractivity (Wildman–Crippen MR) is 100 cm³/mol. The summed E-state index contributed by atoms with van der Waals surface area (Å²) in [5.74, 6) is 0.502. The van der Waals surface area contributed by atoms with Gasteiger partial charge in [0.2, 0.25) is 0 Å². The Hall–Kier alpha value is -2.33. The Morgan fingerprint density at radius 3 is 2.72 bits per heavy atom. The quantitative estimate of drug-likeness (QED) is 0.441. The van der Waals surface area contributed by atoms with Crippen molar-refractivity contribution < 1.29 is 4.92 Å². The molecule has 4 nitrogen and oxygen atoms in total. The van der Waals surface area contributed by atoms with Crippen molar-refractivity contribution in [1.29, 1.82) is 0 Å². The molecule has 2 aromatic carbocycles. The maximum absolute atomic E-state index is 11.2. The third kappa shape index (κ3) is 2.71. The van der Waals surface area contributed by atoms with E-state index in [0.717, 1.165) is 24.1 Å². The fourth-order valence-electron chi connectivity index (χ4n) is 4.04. The van der Waals surface area contributed by atoms with Crippen LogP contribution in [0.4, 0.5) is 11.4 Å². The summed E-state index contributed by atoms with van der Waals surface area (Å²) in [6.45, 7) is 2.15. The van der Waals surface area contributed by atoms with Gasteiger partial charge in [-0.1, -0.05) is 54.9 Å². The molecule has 0 spiro atoms. The highest BCUT2D eigenvalue weighted by Crippen LogP contribution is 2.52. The number of benzene rings is 2. The average molecular weight is 355 g/mol. The molecule has 0 unspecified atom stereocenters. The van der Waals surface area contributed by atoms with Crippen LogP contribution in [0, 0.1) is 16.0 Å². The second-order valence-corrected chi connectivity index (χ2v) is 7.13. The van der Waals surface area contributed by atoms with Gasteiger partial charge in [-0.05, 0) is 35.4 Å². The van der Waals surface area contributed by atoms with Crippen LogP contribution < -0.4 is 5.32 Å². The molecule has 2 aliphatic rings. The molecule has 0 aromatic heterocycles. The van der Waals surface area contributed by atoms with Gasteiger partial charge in [0.1, 0.15) is 0 Å². The molecule has 1 aliphatic carbocycles. The number of aryl methyl sites for hydroxylation is 1. The van der Waals surface area contributed by atoms with Crippen LogP contribution in [0.3, 0.4) is 0 Å². The number of hydrogen-bond donors (Lipinski definition) is 1. The van der Waals surface area contributed by atoms with E-state index in [4.69, 9.17) is 11.6 Å². The van der Waals surface area contributed by atoms with E-state index in [0.29, 0.717) is 10.9 Å². The zero-order chi connectivity index (χ0) is 17.6. The van der Waals surface area contributed by atoms with Crippen molar-refractivity contribution in [2.45, 2.75) is 31.7 Å². The molecule has 0 radical (unpaired) electrons. The lowest BCUT2D eigenvalue weighted by molar-refractivity contribution is -0.384. The van der Waals surface area contributed by atoms with Crippen molar-refractivity contribution >= 4 is 23.0 Å². The van der Waals surface area contributed by atoms with E-state index in [1.54, 1.807) is 6.07 Å². The van der Waals surface area contributed by atoms with Crippen molar-refractivity contribution in [1.82, 2.24) is 0 Å². The van der Waals surface area contributed by atoms with Crippen molar-refractivity contribution in [3.8, 4) is 0 Å². The number of rotatable bonds is 3. The molecule has 0 fully saturated rings. The first-order valence-corrected chi connectivity index (χ1v) is 8.96. The van der Waals surface area contributed by atoms with Crippen molar-refractivity contribution in [3.63, 3.8) is 0 Å². The largest absolute Gasteiger partial charge is 0.376 e. The van der Waals surface area contributed by atoms with Crippen LogP contribution >= 0.6 is 11.6 Å². The number of non-ortho nitro benzene ring substituents is 1. The molecule has 4 rings (SSSR count). The van der Waals surface area contributed by atoms with Crippen LogP contribution in [0.1, 0.15) is 42.0 Å². The lowest BCUT2D eigenvalue weighted by Gasteiger charge is -2.37. The van der Waals surface area contributed by atoms with E-state index >= 15 is 0 Å². The second kappa shape index (κ2) is 6.19. The first kappa shape index (κ1) is 16.2. The fourth-order valence-corrected chi connectivity index (χ4v) is 4.31. The molecule has 0 saturated heterocycles. The molecule has 5 heteroatoms. The Bertz CT molecular complexity index is 861. The Kier molecular flexibility index (Phi) is 4.00. The number of nitrogens with one attached hydrogen (secondary N) is 1. The maximum atomic E-state index is 11.2. The maximum Gasteiger partial charge on any atom is 0.271 e. The SMILES string of the molecule is CCc1ccc([C@@H]2Nc3c(Cl)cc([N+](=O)[O-])cc3[C@H]3C=CC[C@H]32)cc1. The minimum atomic E-state index is -0.380. The Balaban J connectivity index is 1.78. The molecule has 0 saturated carbocycles. The molecular weight excluding hydrogens is 336 g/mol. The molecule has 2 aromatic rings. The molecule has 3 atom stereocenters. The van der Waals surface area contributed by atoms with Gasteiger partial charge in [0.25, 0.3) is 5.69 Å². The standard InChI is InChI=1S/C20H19ClN2O2/c1-2-12-6-8-13(9-7-12)19-16-5-3-4-15(16)17-10-14(23(24)25)11-18(21)20(17)22-19/h3-4,6-11,15-16,19,22H,2,5H2,1H3/t15-,16+,19-/m0/s1. The van der Waals surface area contributed by atoms with Crippen LogP contribution in [0.25, 0.3) is 0 Å². The van der Waals surface area contributed by atoms with Gasteiger partial charge in [-0.25, -0.2) is 0 Å². The van der Waals surface area contributed by atoms with Crippen LogP contribution in [-0.2, 0) is 6.42 Å². The van der Waals surface area contributed by atoms with Crippen LogP contribution in [-0.4, -0.2) is 4.92 Å². The molecule has 128 valence electrons. The van der Waals surface area contributed by atoms with Crippen LogP contribution in [0.5, 0.6) is 0 Å². The summed E-state index contributed by atoms with van der Waals surface area (Å²) in [5, 5.41) is 15.2. The fraction of sp³-hybridized carbons (Fsp3) is 0.300. The highest BCUT2D eigenvalue weighted by molar-refractivity contribution is 6.33. The van der Waals surface area contributed by atoms with E-state index < -0.39 is 0 Å². The summed E-state index contributed by atoms with van der Waals surface area (Å²) in [4.78, 5) is 10.8. The van der Waals surface area contributed by atoms with E-state index in [1.807, 2.05) is 0 Å². The van der Waals surface area contributed by atoms with Gasteiger partial charge in [-0.3, -0.25) is 10.1 Å². The van der Waals surface area contributed by atoms with E-state index in [-0.39, 0.29) is 22.6 Å². The normalized spacial score (nSPS) is 23.7. The minimum Gasteiger partial charge on any atom is -0.376 e. The van der Waals surface area contributed by atoms with Crippen molar-refractivity contribution in [3.05, 3.63) is 80.4 Å². The van der Waals surface area contributed by atoms with Gasteiger partial charge in [0.15, 0.2) is 0 Å². The number of hydrogen-bond acceptors (Lipinski definition) is 3. The number of nitrogens with zero attached hydrogens (tertiary/aromatic N) is 1. The lowest BCUT2D eigenvalue weighted by Crippen LogP contribution is -2.29. The summed E-state index contributed by atoms with van der Waals surface area (Å²) in [5.41, 5.74) is 4.35. The minimum absolute atomic E-state index is 0.0512. The molecule has 25 heavy (non-hydrogen) atoms. The monoisotopic (exact) mass is 354 g/mol.